The number of rotatable bonds is 3. The summed E-state index contributed by atoms with van der Waals surface area (Å²) in [6, 6.07) is 4.01. The minimum Gasteiger partial charge on any atom is -0.507 e. The SMILES string of the molecule is O=C1CCC(CNC(=O)c2c(O)cccc2O)N1. The number of phenols is 2. The van der Waals surface area contributed by atoms with Gasteiger partial charge in [0.2, 0.25) is 5.91 Å². The van der Waals surface area contributed by atoms with E-state index in [1.165, 1.54) is 18.2 Å². The molecule has 1 aliphatic heterocycles. The van der Waals surface area contributed by atoms with Crippen LogP contribution in [-0.4, -0.2) is 34.6 Å². The molecule has 96 valence electrons. The fourth-order valence-electron chi connectivity index (χ4n) is 1.90. The molecular weight excluding hydrogens is 236 g/mol. The average molecular weight is 250 g/mol. The largest absolute Gasteiger partial charge is 0.507 e. The molecule has 1 aromatic carbocycles. The zero-order valence-corrected chi connectivity index (χ0v) is 9.64. The first-order valence-electron chi connectivity index (χ1n) is 5.66. The van der Waals surface area contributed by atoms with Crippen LogP contribution in [0, 0.1) is 0 Å². The summed E-state index contributed by atoms with van der Waals surface area (Å²) in [7, 11) is 0. The lowest BCUT2D eigenvalue weighted by atomic mass is 10.1. The Balaban J connectivity index is 1.98. The zero-order valence-electron chi connectivity index (χ0n) is 9.64. The molecule has 6 nitrogen and oxygen atoms in total. The van der Waals surface area contributed by atoms with E-state index in [-0.39, 0.29) is 35.6 Å². The van der Waals surface area contributed by atoms with Gasteiger partial charge in [-0.25, -0.2) is 0 Å². The third-order valence-corrected chi connectivity index (χ3v) is 2.84. The quantitative estimate of drug-likeness (QED) is 0.611. The van der Waals surface area contributed by atoms with Crippen molar-refractivity contribution in [3.8, 4) is 11.5 Å². The summed E-state index contributed by atoms with van der Waals surface area (Å²) in [6.07, 6.45) is 1.13. The summed E-state index contributed by atoms with van der Waals surface area (Å²) >= 11 is 0. The second kappa shape index (κ2) is 4.95. The van der Waals surface area contributed by atoms with Crippen molar-refractivity contribution in [1.29, 1.82) is 0 Å². The van der Waals surface area contributed by atoms with Crippen LogP contribution < -0.4 is 10.6 Å². The second-order valence-electron chi connectivity index (χ2n) is 4.18. The lowest BCUT2D eigenvalue weighted by Gasteiger charge is -2.12. The highest BCUT2D eigenvalue weighted by molar-refractivity contribution is 5.99. The maximum absolute atomic E-state index is 11.8. The minimum atomic E-state index is -0.563. The molecule has 18 heavy (non-hydrogen) atoms. The predicted molar refractivity (Wildman–Crippen MR) is 63.3 cm³/mol. The fourth-order valence-corrected chi connectivity index (χ4v) is 1.90. The first-order valence-corrected chi connectivity index (χ1v) is 5.66. The highest BCUT2D eigenvalue weighted by atomic mass is 16.3. The van der Waals surface area contributed by atoms with Crippen molar-refractivity contribution in [2.24, 2.45) is 0 Å². The van der Waals surface area contributed by atoms with E-state index in [9.17, 15) is 19.8 Å². The number of carbonyl (C=O) groups is 2. The smallest absolute Gasteiger partial charge is 0.258 e. The summed E-state index contributed by atoms with van der Waals surface area (Å²) in [5, 5.41) is 24.3. The average Bonchev–Trinajstić information content (AvgIpc) is 2.72. The zero-order chi connectivity index (χ0) is 13.1. The van der Waals surface area contributed by atoms with Gasteiger partial charge in [-0.05, 0) is 18.6 Å². The van der Waals surface area contributed by atoms with Crippen LogP contribution in [0.5, 0.6) is 11.5 Å². The van der Waals surface area contributed by atoms with E-state index in [0.29, 0.717) is 12.8 Å². The van der Waals surface area contributed by atoms with Crippen LogP contribution in [0.3, 0.4) is 0 Å². The van der Waals surface area contributed by atoms with Crippen molar-refractivity contribution in [2.75, 3.05) is 6.54 Å². The van der Waals surface area contributed by atoms with Crippen LogP contribution in [0.15, 0.2) is 18.2 Å². The number of amides is 2. The number of phenolic OH excluding ortho intramolecular Hbond substituents is 2. The normalized spacial score (nSPS) is 18.4. The minimum absolute atomic E-state index is 0.0281. The molecule has 1 heterocycles. The van der Waals surface area contributed by atoms with E-state index < -0.39 is 5.91 Å². The van der Waals surface area contributed by atoms with E-state index >= 15 is 0 Å². The van der Waals surface area contributed by atoms with Gasteiger partial charge in [0, 0.05) is 19.0 Å². The van der Waals surface area contributed by atoms with Gasteiger partial charge in [0.05, 0.1) is 0 Å². The first-order chi connectivity index (χ1) is 8.58. The van der Waals surface area contributed by atoms with Crippen molar-refractivity contribution in [1.82, 2.24) is 10.6 Å². The van der Waals surface area contributed by atoms with E-state index in [4.69, 9.17) is 0 Å². The molecule has 1 fully saturated rings. The monoisotopic (exact) mass is 250 g/mol. The summed E-state index contributed by atoms with van der Waals surface area (Å²) < 4.78 is 0. The fraction of sp³-hybridized carbons (Fsp3) is 0.333. The van der Waals surface area contributed by atoms with E-state index in [1.54, 1.807) is 0 Å². The second-order valence-corrected chi connectivity index (χ2v) is 4.18. The Morgan fingerprint density at radius 3 is 2.61 bits per heavy atom. The highest BCUT2D eigenvalue weighted by Crippen LogP contribution is 2.25. The molecule has 2 amide bonds. The van der Waals surface area contributed by atoms with Crippen LogP contribution in [0.2, 0.25) is 0 Å². The topological polar surface area (TPSA) is 98.7 Å². The number of nitrogens with one attached hydrogen (secondary N) is 2. The summed E-state index contributed by atoms with van der Waals surface area (Å²) in [6.45, 7) is 0.276. The van der Waals surface area contributed by atoms with Gasteiger partial charge in [-0.3, -0.25) is 9.59 Å². The summed E-state index contributed by atoms with van der Waals surface area (Å²) in [4.78, 5) is 22.8. The highest BCUT2D eigenvalue weighted by Gasteiger charge is 2.22. The third-order valence-electron chi connectivity index (χ3n) is 2.84. The molecule has 0 spiro atoms. The number of benzene rings is 1. The Hall–Kier alpha value is -2.24. The van der Waals surface area contributed by atoms with Gasteiger partial charge in [-0.15, -0.1) is 0 Å². The van der Waals surface area contributed by atoms with Crippen molar-refractivity contribution in [3.05, 3.63) is 23.8 Å². The Labute approximate surface area is 104 Å². The molecule has 0 saturated carbocycles. The van der Waals surface area contributed by atoms with Crippen molar-refractivity contribution in [3.63, 3.8) is 0 Å². The summed E-state index contributed by atoms with van der Waals surface area (Å²) in [5.74, 6) is -1.14. The van der Waals surface area contributed by atoms with Gasteiger partial charge in [-0.2, -0.15) is 0 Å². The van der Waals surface area contributed by atoms with E-state index in [1.807, 2.05) is 0 Å². The molecular formula is C12H14N2O4. The number of hydrogen-bond donors (Lipinski definition) is 4. The van der Waals surface area contributed by atoms with Gasteiger partial charge < -0.3 is 20.8 Å². The van der Waals surface area contributed by atoms with Gasteiger partial charge in [-0.1, -0.05) is 6.07 Å². The van der Waals surface area contributed by atoms with Crippen molar-refractivity contribution < 1.29 is 19.8 Å². The van der Waals surface area contributed by atoms with Crippen molar-refractivity contribution in [2.45, 2.75) is 18.9 Å². The molecule has 1 aliphatic rings. The van der Waals surface area contributed by atoms with Gasteiger partial charge >= 0.3 is 0 Å². The van der Waals surface area contributed by atoms with Crippen LogP contribution in [0.4, 0.5) is 0 Å². The van der Waals surface area contributed by atoms with Crippen LogP contribution in [0.25, 0.3) is 0 Å². The van der Waals surface area contributed by atoms with Crippen molar-refractivity contribution >= 4 is 11.8 Å². The molecule has 0 bridgehead atoms. The number of carbonyl (C=O) groups excluding carboxylic acids is 2. The maximum atomic E-state index is 11.8. The van der Waals surface area contributed by atoms with Crippen LogP contribution >= 0.6 is 0 Å². The molecule has 0 radical (unpaired) electrons. The summed E-state index contributed by atoms with van der Waals surface area (Å²) in [5.41, 5.74) is -0.151. The van der Waals surface area contributed by atoms with E-state index in [0.717, 1.165) is 0 Å². The predicted octanol–water partition coefficient (Wildman–Crippen LogP) is 0.106. The van der Waals surface area contributed by atoms with Crippen LogP contribution in [-0.2, 0) is 4.79 Å². The number of hydrogen-bond acceptors (Lipinski definition) is 4. The Kier molecular flexibility index (Phi) is 3.36. The molecule has 6 heteroatoms. The molecule has 1 saturated heterocycles. The maximum Gasteiger partial charge on any atom is 0.258 e. The van der Waals surface area contributed by atoms with Crippen LogP contribution in [0.1, 0.15) is 23.2 Å². The van der Waals surface area contributed by atoms with Gasteiger partial charge in [0.1, 0.15) is 17.1 Å². The third kappa shape index (κ3) is 2.53. The molecule has 4 N–H and O–H groups in total. The molecule has 1 aromatic rings. The Morgan fingerprint density at radius 1 is 1.39 bits per heavy atom. The lowest BCUT2D eigenvalue weighted by Crippen LogP contribution is -2.38. The van der Waals surface area contributed by atoms with Gasteiger partial charge in [0.15, 0.2) is 0 Å². The molecule has 1 unspecified atom stereocenters. The van der Waals surface area contributed by atoms with E-state index in [2.05, 4.69) is 10.6 Å². The lowest BCUT2D eigenvalue weighted by molar-refractivity contribution is -0.119. The standard InChI is InChI=1S/C12H14N2O4/c15-8-2-1-3-9(16)11(8)12(18)13-6-7-4-5-10(17)14-7/h1-3,7,15-16H,4-6H2,(H,13,18)(H,14,17). The first kappa shape index (κ1) is 12.2. The Bertz CT molecular complexity index is 467. The number of aromatic hydroxyl groups is 2. The molecule has 1 atom stereocenters. The Morgan fingerprint density at radius 2 is 2.06 bits per heavy atom. The molecule has 2 rings (SSSR count). The van der Waals surface area contributed by atoms with Gasteiger partial charge in [0.25, 0.3) is 5.91 Å². The molecule has 0 aromatic heterocycles. The molecule has 0 aliphatic carbocycles.